The second-order valence-electron chi connectivity index (χ2n) is 12.2. The van der Waals surface area contributed by atoms with Crippen LogP contribution in [0.4, 0.5) is 4.39 Å². The van der Waals surface area contributed by atoms with Crippen molar-refractivity contribution < 1.29 is 9.18 Å². The van der Waals surface area contributed by atoms with Crippen LogP contribution in [0.5, 0.6) is 0 Å². The lowest BCUT2D eigenvalue weighted by molar-refractivity contribution is -0.137. The van der Waals surface area contributed by atoms with Gasteiger partial charge in [-0.25, -0.2) is 9.38 Å². The molecule has 3 aliphatic heterocycles. The molecule has 2 unspecified atom stereocenters. The Bertz CT molecular complexity index is 1440. The van der Waals surface area contributed by atoms with Crippen molar-refractivity contribution in [2.45, 2.75) is 40.0 Å². The van der Waals surface area contributed by atoms with Crippen LogP contribution in [0.3, 0.4) is 0 Å². The molecule has 2 aromatic rings. The fourth-order valence-corrected chi connectivity index (χ4v) is 7.86. The van der Waals surface area contributed by atoms with Gasteiger partial charge < -0.3 is 9.80 Å². The molecule has 0 bridgehead atoms. The zero-order valence-electron chi connectivity index (χ0n) is 21.2. The number of aromatic amines is 1. The minimum atomic E-state index is -0.259. The van der Waals surface area contributed by atoms with Gasteiger partial charge in [0.1, 0.15) is 0 Å². The van der Waals surface area contributed by atoms with Crippen molar-refractivity contribution in [3.05, 3.63) is 59.8 Å². The van der Waals surface area contributed by atoms with Crippen molar-refractivity contribution in [3.63, 3.8) is 0 Å². The van der Waals surface area contributed by atoms with Crippen LogP contribution in [-0.2, 0) is 4.79 Å². The molecule has 2 saturated heterocycles. The Morgan fingerprint density at radius 2 is 2.06 bits per heavy atom. The zero-order valence-corrected chi connectivity index (χ0v) is 21.2. The van der Waals surface area contributed by atoms with Gasteiger partial charge in [0.25, 0.3) is 0 Å². The number of aliphatic imine (C=N–C) groups is 1. The average molecular weight is 486 g/mol. The van der Waals surface area contributed by atoms with Crippen molar-refractivity contribution in [1.29, 1.82) is 0 Å². The van der Waals surface area contributed by atoms with E-state index in [1.165, 1.54) is 6.08 Å². The highest BCUT2D eigenvalue weighted by atomic mass is 19.1. The third kappa shape index (κ3) is 2.53. The van der Waals surface area contributed by atoms with E-state index in [-0.39, 0.29) is 33.4 Å². The van der Waals surface area contributed by atoms with Gasteiger partial charge in [-0.15, -0.1) is 0 Å². The van der Waals surface area contributed by atoms with Gasteiger partial charge in [0.2, 0.25) is 5.91 Å². The van der Waals surface area contributed by atoms with Crippen LogP contribution in [0.2, 0.25) is 0 Å². The number of H-pyrrole nitrogens is 1. The third-order valence-electron chi connectivity index (χ3n) is 10.4. The smallest absolute Gasteiger partial charge is 0.245 e. The number of halogens is 1. The molecule has 4 fully saturated rings. The number of benzene rings is 1. The van der Waals surface area contributed by atoms with E-state index in [9.17, 15) is 4.79 Å². The van der Waals surface area contributed by atoms with E-state index in [1.807, 2.05) is 24.0 Å². The molecule has 7 heteroatoms. The van der Waals surface area contributed by atoms with Crippen molar-refractivity contribution in [3.8, 4) is 0 Å². The molecule has 2 saturated carbocycles. The van der Waals surface area contributed by atoms with Crippen molar-refractivity contribution in [1.82, 2.24) is 20.0 Å². The summed E-state index contributed by atoms with van der Waals surface area (Å²) in [7, 11) is 0. The maximum Gasteiger partial charge on any atom is 0.245 e. The zero-order chi connectivity index (χ0) is 25.1. The molecule has 2 atom stereocenters. The van der Waals surface area contributed by atoms with Crippen LogP contribution in [0, 0.1) is 28.6 Å². The molecular formula is C29H32FN5O. The summed E-state index contributed by atoms with van der Waals surface area (Å²) in [5, 5.41) is 8.22. The highest BCUT2D eigenvalue weighted by Crippen LogP contribution is 2.97. The molecule has 7 rings (SSSR count). The monoisotopic (exact) mass is 485 g/mol. The summed E-state index contributed by atoms with van der Waals surface area (Å²) in [4.78, 5) is 20.9. The van der Waals surface area contributed by atoms with E-state index in [0.717, 1.165) is 47.8 Å². The van der Waals surface area contributed by atoms with Crippen LogP contribution < -0.4 is 0 Å². The largest absolute Gasteiger partial charge is 0.353 e. The second kappa shape index (κ2) is 6.75. The van der Waals surface area contributed by atoms with E-state index in [1.54, 1.807) is 6.20 Å². The van der Waals surface area contributed by atoms with Gasteiger partial charge in [0, 0.05) is 54.2 Å². The number of aromatic nitrogens is 2. The molecular weight excluding hydrogens is 453 g/mol. The predicted molar refractivity (Wildman–Crippen MR) is 139 cm³/mol. The molecule has 1 aromatic heterocycles. The van der Waals surface area contributed by atoms with Crippen LogP contribution in [0.1, 0.15) is 44.2 Å². The summed E-state index contributed by atoms with van der Waals surface area (Å²) < 4.78 is 16.7. The SMILES string of the molecule is C=CC(=O)N1CC2(CCN(C3=C(F)C(c4c(C)ccc5[nH]ncc45)=CCC45CC4(C=N3)C5(C)C)C2)C1. The first-order valence-electron chi connectivity index (χ1n) is 12.9. The normalized spacial score (nSPS) is 31.3. The van der Waals surface area contributed by atoms with Crippen LogP contribution in [0.15, 0.2) is 53.7 Å². The van der Waals surface area contributed by atoms with Gasteiger partial charge in [0.05, 0.1) is 11.7 Å². The minimum Gasteiger partial charge on any atom is -0.353 e. The highest BCUT2D eigenvalue weighted by molar-refractivity contribution is 5.97. The van der Waals surface area contributed by atoms with E-state index in [0.29, 0.717) is 31.0 Å². The van der Waals surface area contributed by atoms with Crippen molar-refractivity contribution in [2.24, 2.45) is 26.7 Å². The number of aryl methyl sites for hydroxylation is 1. The summed E-state index contributed by atoms with van der Waals surface area (Å²) in [5.41, 5.74) is 3.87. The quantitative estimate of drug-likeness (QED) is 0.622. The summed E-state index contributed by atoms with van der Waals surface area (Å²) in [6, 6.07) is 4.04. The third-order valence-corrected chi connectivity index (χ3v) is 10.4. The topological polar surface area (TPSA) is 64.6 Å². The number of nitrogens with one attached hydrogen (secondary N) is 1. The Hall–Kier alpha value is -3.22. The van der Waals surface area contributed by atoms with E-state index in [4.69, 9.17) is 4.99 Å². The lowest BCUT2D eigenvalue weighted by Gasteiger charge is -2.47. The van der Waals surface area contributed by atoms with E-state index in [2.05, 4.69) is 47.8 Å². The molecule has 1 spiro atoms. The fraction of sp³-hybridized carbons (Fsp3) is 0.483. The van der Waals surface area contributed by atoms with Gasteiger partial charge in [-0.05, 0) is 60.3 Å². The molecule has 6 nitrogen and oxygen atoms in total. The Morgan fingerprint density at radius 3 is 2.81 bits per heavy atom. The molecule has 5 aliphatic rings. The highest BCUT2D eigenvalue weighted by Gasteiger charge is 2.94. The Morgan fingerprint density at radius 1 is 1.25 bits per heavy atom. The van der Waals surface area contributed by atoms with Gasteiger partial charge in [-0.3, -0.25) is 9.89 Å². The first-order chi connectivity index (χ1) is 17.2. The van der Waals surface area contributed by atoms with Gasteiger partial charge in [-0.1, -0.05) is 32.6 Å². The number of hydrogen-bond acceptors (Lipinski definition) is 4. The maximum absolute atomic E-state index is 16.7. The standard InChI is InChI=1S/C29H32FN5O/c1-5-22(36)35-16-27(17-35)10-11-34(15-27)25-24(30)19(23-18(2)6-7-21-20(23)12-32-33-21)8-9-28-13-29(28,14-31-25)26(28,3)4/h5-8,12,14H,1,9-11,13,15-17H2,2-4H3,(H,32,33). The van der Waals surface area contributed by atoms with Crippen LogP contribution in [-0.4, -0.2) is 58.3 Å². The first kappa shape index (κ1) is 22.0. The number of hydrogen-bond donors (Lipinski definition) is 1. The number of likely N-dealkylation sites (tertiary alicyclic amines) is 2. The predicted octanol–water partition coefficient (Wildman–Crippen LogP) is 5.00. The van der Waals surface area contributed by atoms with E-state index < -0.39 is 0 Å². The Kier molecular flexibility index (Phi) is 4.13. The lowest BCUT2D eigenvalue weighted by atomic mass is 9.79. The number of fused-ring (bicyclic) bond motifs is 1. The van der Waals surface area contributed by atoms with Crippen LogP contribution >= 0.6 is 0 Å². The number of carbonyl (C=O) groups is 1. The first-order valence-corrected chi connectivity index (χ1v) is 12.9. The summed E-state index contributed by atoms with van der Waals surface area (Å²) in [6.07, 6.45) is 10.3. The molecule has 0 radical (unpaired) electrons. The van der Waals surface area contributed by atoms with Crippen molar-refractivity contribution >= 4 is 28.6 Å². The second-order valence-corrected chi connectivity index (χ2v) is 12.2. The molecule has 2 aliphatic carbocycles. The molecule has 1 N–H and O–H groups in total. The number of amides is 1. The van der Waals surface area contributed by atoms with Gasteiger partial charge in [-0.2, -0.15) is 5.10 Å². The summed E-state index contributed by atoms with van der Waals surface area (Å²) >= 11 is 0. The molecule has 4 heterocycles. The molecule has 36 heavy (non-hydrogen) atoms. The molecule has 186 valence electrons. The Labute approximate surface area is 210 Å². The van der Waals surface area contributed by atoms with Gasteiger partial charge >= 0.3 is 0 Å². The van der Waals surface area contributed by atoms with Gasteiger partial charge in [0.15, 0.2) is 11.6 Å². The fourth-order valence-electron chi connectivity index (χ4n) is 7.86. The molecule has 1 amide bonds. The average Bonchev–Trinajstić information content (AvgIpc) is 3.29. The number of nitrogens with zero attached hydrogens (tertiary/aromatic N) is 4. The molecule has 1 aromatic carbocycles. The number of carbonyl (C=O) groups excluding carboxylic acids is 1. The summed E-state index contributed by atoms with van der Waals surface area (Å²) in [5.74, 6) is 0.148. The summed E-state index contributed by atoms with van der Waals surface area (Å²) in [6.45, 7) is 13.1. The van der Waals surface area contributed by atoms with E-state index >= 15 is 4.39 Å². The lowest BCUT2D eigenvalue weighted by Crippen LogP contribution is -2.59. The minimum absolute atomic E-state index is 0.00470. The van der Waals surface area contributed by atoms with Crippen LogP contribution in [0.25, 0.3) is 16.5 Å². The number of rotatable bonds is 3. The maximum atomic E-state index is 16.7. The van der Waals surface area contributed by atoms with Crippen molar-refractivity contribution in [2.75, 3.05) is 26.2 Å². The Balaban J connectivity index is 1.32. The number of allylic oxidation sites excluding steroid dienone is 3.